The first-order valence-electron chi connectivity index (χ1n) is 7.14. The second-order valence-corrected chi connectivity index (χ2v) is 5.49. The van der Waals surface area contributed by atoms with Gasteiger partial charge in [-0.3, -0.25) is 9.59 Å². The van der Waals surface area contributed by atoms with E-state index in [1.807, 2.05) is 45.0 Å². The zero-order valence-corrected chi connectivity index (χ0v) is 12.5. The molecule has 2 rings (SSSR count). The third-order valence-electron chi connectivity index (χ3n) is 3.99. The first-order valence-corrected chi connectivity index (χ1v) is 7.14. The molecule has 1 aromatic carbocycles. The Labute approximate surface area is 120 Å². The molecule has 0 spiro atoms. The second kappa shape index (κ2) is 5.65. The van der Waals surface area contributed by atoms with Gasteiger partial charge in [0.15, 0.2) is 0 Å². The third kappa shape index (κ3) is 2.55. The molecule has 4 heteroatoms. The van der Waals surface area contributed by atoms with Gasteiger partial charge in [-0.1, -0.05) is 36.8 Å². The van der Waals surface area contributed by atoms with Gasteiger partial charge in [0.1, 0.15) is 12.1 Å². The molecule has 1 aliphatic heterocycles. The SMILES string of the molecule is CCC1C(=O)NC(C)C(=O)N1C(C)c1ccc(C)cc1. The van der Waals surface area contributed by atoms with Gasteiger partial charge in [-0.25, -0.2) is 0 Å². The van der Waals surface area contributed by atoms with E-state index in [4.69, 9.17) is 0 Å². The summed E-state index contributed by atoms with van der Waals surface area (Å²) in [5, 5.41) is 2.75. The summed E-state index contributed by atoms with van der Waals surface area (Å²) in [5.74, 6) is -0.0666. The maximum atomic E-state index is 12.4. The highest BCUT2D eigenvalue weighted by Gasteiger charge is 2.40. The van der Waals surface area contributed by atoms with Crippen LogP contribution in [0.3, 0.4) is 0 Å². The average molecular weight is 274 g/mol. The number of nitrogens with zero attached hydrogens (tertiary/aromatic N) is 1. The zero-order valence-electron chi connectivity index (χ0n) is 12.5. The van der Waals surface area contributed by atoms with Gasteiger partial charge >= 0.3 is 0 Å². The summed E-state index contributed by atoms with van der Waals surface area (Å²) in [6, 6.07) is 7.19. The number of piperazine rings is 1. The van der Waals surface area contributed by atoms with Crippen LogP contribution in [-0.4, -0.2) is 28.8 Å². The molecule has 4 nitrogen and oxygen atoms in total. The van der Waals surface area contributed by atoms with Crippen molar-refractivity contribution in [1.29, 1.82) is 0 Å². The van der Waals surface area contributed by atoms with Crippen molar-refractivity contribution >= 4 is 11.8 Å². The molecule has 1 aromatic rings. The molecule has 1 aliphatic rings. The van der Waals surface area contributed by atoms with Gasteiger partial charge in [0, 0.05) is 0 Å². The molecule has 1 heterocycles. The first-order chi connectivity index (χ1) is 9.45. The minimum atomic E-state index is -0.446. The van der Waals surface area contributed by atoms with E-state index in [-0.39, 0.29) is 23.9 Å². The molecule has 1 saturated heterocycles. The van der Waals surface area contributed by atoms with Crippen LogP contribution in [0.4, 0.5) is 0 Å². The number of carbonyl (C=O) groups is 2. The molecule has 0 saturated carbocycles. The second-order valence-electron chi connectivity index (χ2n) is 5.49. The van der Waals surface area contributed by atoms with Crippen LogP contribution in [0.15, 0.2) is 24.3 Å². The van der Waals surface area contributed by atoms with Crippen LogP contribution in [0, 0.1) is 6.92 Å². The van der Waals surface area contributed by atoms with Crippen molar-refractivity contribution in [2.24, 2.45) is 0 Å². The lowest BCUT2D eigenvalue weighted by atomic mass is 9.98. The number of benzene rings is 1. The largest absolute Gasteiger partial charge is 0.343 e. The Balaban J connectivity index is 2.33. The number of hydrogen-bond donors (Lipinski definition) is 1. The summed E-state index contributed by atoms with van der Waals surface area (Å²) in [6.07, 6.45) is 0.625. The Kier molecular flexibility index (Phi) is 4.12. The van der Waals surface area contributed by atoms with Crippen molar-refractivity contribution < 1.29 is 9.59 Å². The topological polar surface area (TPSA) is 49.4 Å². The summed E-state index contributed by atoms with van der Waals surface area (Å²) < 4.78 is 0. The van der Waals surface area contributed by atoms with E-state index < -0.39 is 6.04 Å². The molecule has 2 amide bonds. The average Bonchev–Trinajstić information content (AvgIpc) is 2.42. The number of carbonyl (C=O) groups excluding carboxylic acids is 2. The van der Waals surface area contributed by atoms with Gasteiger partial charge in [-0.2, -0.15) is 0 Å². The fourth-order valence-corrected chi connectivity index (χ4v) is 2.72. The summed E-state index contributed by atoms with van der Waals surface area (Å²) >= 11 is 0. The van der Waals surface area contributed by atoms with Gasteiger partial charge < -0.3 is 10.2 Å². The smallest absolute Gasteiger partial charge is 0.246 e. The van der Waals surface area contributed by atoms with Gasteiger partial charge in [-0.15, -0.1) is 0 Å². The van der Waals surface area contributed by atoms with Gasteiger partial charge in [0.25, 0.3) is 0 Å². The van der Waals surface area contributed by atoms with Crippen LogP contribution in [0.25, 0.3) is 0 Å². The number of nitrogens with one attached hydrogen (secondary N) is 1. The van der Waals surface area contributed by atoms with Crippen LogP contribution in [0.5, 0.6) is 0 Å². The Bertz CT molecular complexity index is 510. The van der Waals surface area contributed by atoms with E-state index in [0.29, 0.717) is 6.42 Å². The highest BCUT2D eigenvalue weighted by Crippen LogP contribution is 2.27. The summed E-state index contributed by atoms with van der Waals surface area (Å²) in [5.41, 5.74) is 2.24. The van der Waals surface area contributed by atoms with Crippen LogP contribution >= 0.6 is 0 Å². The van der Waals surface area contributed by atoms with E-state index >= 15 is 0 Å². The van der Waals surface area contributed by atoms with E-state index in [1.54, 1.807) is 11.8 Å². The number of aryl methyl sites for hydroxylation is 1. The Morgan fingerprint density at radius 3 is 2.40 bits per heavy atom. The minimum absolute atomic E-state index is 0.00970. The van der Waals surface area contributed by atoms with Crippen LogP contribution in [-0.2, 0) is 9.59 Å². The molecule has 3 unspecified atom stereocenters. The maximum absolute atomic E-state index is 12.4. The predicted octanol–water partition coefficient (Wildman–Crippen LogP) is 2.18. The molecule has 0 aromatic heterocycles. The van der Waals surface area contributed by atoms with Crippen molar-refractivity contribution in [2.75, 3.05) is 0 Å². The molecule has 0 bridgehead atoms. The fraction of sp³-hybridized carbons (Fsp3) is 0.500. The predicted molar refractivity (Wildman–Crippen MR) is 78.1 cm³/mol. The van der Waals surface area contributed by atoms with Crippen molar-refractivity contribution in [3.05, 3.63) is 35.4 Å². The minimum Gasteiger partial charge on any atom is -0.343 e. The lowest BCUT2D eigenvalue weighted by Crippen LogP contribution is -2.62. The van der Waals surface area contributed by atoms with E-state index in [0.717, 1.165) is 5.56 Å². The fourth-order valence-electron chi connectivity index (χ4n) is 2.72. The number of hydrogen-bond acceptors (Lipinski definition) is 2. The quantitative estimate of drug-likeness (QED) is 0.918. The molecule has 1 fully saturated rings. The summed E-state index contributed by atoms with van der Waals surface area (Å²) in [4.78, 5) is 26.2. The van der Waals surface area contributed by atoms with E-state index in [2.05, 4.69) is 5.32 Å². The summed E-state index contributed by atoms with van der Waals surface area (Å²) in [6.45, 7) is 7.69. The lowest BCUT2D eigenvalue weighted by molar-refractivity contribution is -0.151. The van der Waals surface area contributed by atoms with Gasteiger partial charge in [0.2, 0.25) is 11.8 Å². The zero-order chi connectivity index (χ0) is 14.9. The molecular weight excluding hydrogens is 252 g/mol. The monoisotopic (exact) mass is 274 g/mol. The van der Waals surface area contributed by atoms with Crippen LogP contribution in [0.1, 0.15) is 44.4 Å². The summed E-state index contributed by atoms with van der Waals surface area (Å²) in [7, 11) is 0. The molecule has 0 radical (unpaired) electrons. The van der Waals surface area contributed by atoms with Crippen molar-refractivity contribution in [1.82, 2.24) is 10.2 Å². The standard InChI is InChI=1S/C16H22N2O2/c1-5-14-15(19)17-11(3)16(20)18(14)12(4)13-8-6-10(2)7-9-13/h6-9,11-12,14H,5H2,1-4H3,(H,17,19). The molecule has 0 aliphatic carbocycles. The first kappa shape index (κ1) is 14.6. The molecular formula is C16H22N2O2. The Morgan fingerprint density at radius 1 is 1.25 bits per heavy atom. The maximum Gasteiger partial charge on any atom is 0.246 e. The van der Waals surface area contributed by atoms with Crippen molar-refractivity contribution in [2.45, 2.75) is 52.2 Å². The van der Waals surface area contributed by atoms with E-state index in [9.17, 15) is 9.59 Å². The molecule has 3 atom stereocenters. The van der Waals surface area contributed by atoms with Crippen molar-refractivity contribution in [3.8, 4) is 0 Å². The highest BCUT2D eigenvalue weighted by atomic mass is 16.2. The van der Waals surface area contributed by atoms with Gasteiger partial charge in [-0.05, 0) is 32.8 Å². The normalized spacial score (nSPS) is 24.5. The number of rotatable bonds is 3. The Morgan fingerprint density at radius 2 is 1.85 bits per heavy atom. The molecule has 20 heavy (non-hydrogen) atoms. The Hall–Kier alpha value is -1.84. The van der Waals surface area contributed by atoms with Gasteiger partial charge in [0.05, 0.1) is 6.04 Å². The van der Waals surface area contributed by atoms with Crippen molar-refractivity contribution in [3.63, 3.8) is 0 Å². The molecule has 1 N–H and O–H groups in total. The van der Waals surface area contributed by atoms with E-state index in [1.165, 1.54) is 5.56 Å². The van der Waals surface area contributed by atoms with Crippen LogP contribution < -0.4 is 5.32 Å². The lowest BCUT2D eigenvalue weighted by Gasteiger charge is -2.41. The molecule has 108 valence electrons. The third-order valence-corrected chi connectivity index (χ3v) is 3.99. The van der Waals surface area contributed by atoms with Crippen LogP contribution in [0.2, 0.25) is 0 Å². The highest BCUT2D eigenvalue weighted by molar-refractivity contribution is 5.96. The number of amides is 2.